The minimum atomic E-state index is -4.29. The number of hydrogen-bond acceptors (Lipinski definition) is 3. The number of halogens is 1. The molecule has 0 aromatic heterocycles. The summed E-state index contributed by atoms with van der Waals surface area (Å²) in [5, 5.41) is 0. The third-order valence-electron chi connectivity index (χ3n) is 1.60. The van der Waals surface area contributed by atoms with Gasteiger partial charge < -0.3 is 4.55 Å². The molecule has 0 amide bonds. The van der Waals surface area contributed by atoms with Crippen molar-refractivity contribution in [3.63, 3.8) is 0 Å². The van der Waals surface area contributed by atoms with Crippen LogP contribution in [0.25, 0.3) is 0 Å². The fraction of sp³-hybridized carbons (Fsp3) is 0.250. The van der Waals surface area contributed by atoms with Gasteiger partial charge in [-0.3, -0.25) is 0 Å². The van der Waals surface area contributed by atoms with Crippen molar-refractivity contribution in [2.75, 3.05) is 4.43 Å². The van der Waals surface area contributed by atoms with Crippen molar-refractivity contribution in [2.45, 2.75) is 11.3 Å². The van der Waals surface area contributed by atoms with Gasteiger partial charge in [-0.1, -0.05) is 34.7 Å². The molecule has 14 heavy (non-hydrogen) atoms. The van der Waals surface area contributed by atoms with Crippen LogP contribution in [-0.4, -0.2) is 17.4 Å². The Morgan fingerprint density at radius 2 is 1.71 bits per heavy atom. The van der Waals surface area contributed by atoms with Gasteiger partial charge in [-0.2, -0.15) is 0 Å². The molecule has 72 valence electrons. The molecule has 0 N–H and O–H groups in total. The smallest absolute Gasteiger partial charge is 0.744 e. The van der Waals surface area contributed by atoms with Gasteiger partial charge in [0.15, 0.2) is 0 Å². The molecule has 1 aromatic carbocycles. The topological polar surface area (TPSA) is 57.2 Å². The van der Waals surface area contributed by atoms with Crippen LogP contribution >= 0.6 is 22.6 Å². The molecule has 0 bridgehead atoms. The fourth-order valence-electron chi connectivity index (χ4n) is 0.932. The summed E-state index contributed by atoms with van der Waals surface area (Å²) < 4.78 is 32.6. The Morgan fingerprint density at radius 1 is 1.21 bits per heavy atom. The van der Waals surface area contributed by atoms with Crippen LogP contribution in [0.3, 0.4) is 0 Å². The summed E-state index contributed by atoms with van der Waals surface area (Å²) in [7, 11) is -4.29. The minimum Gasteiger partial charge on any atom is -0.744 e. The number of hydrogen-bond donors (Lipinski definition) is 0. The first kappa shape index (κ1) is 15.5. The molecule has 0 aliphatic carbocycles. The molecule has 0 aliphatic heterocycles. The Morgan fingerprint density at radius 3 is 2.07 bits per heavy atom. The molecule has 6 heteroatoms. The summed E-state index contributed by atoms with van der Waals surface area (Å²) >= 11 is 2.24. The molecule has 0 heterocycles. The molecular weight excluding hydrogens is 342 g/mol. The third-order valence-corrected chi connectivity index (χ3v) is 2.98. The molecule has 1 aromatic rings. The monoisotopic (exact) mass is 350 g/mol. The number of benzene rings is 1. The van der Waals surface area contributed by atoms with E-state index in [2.05, 4.69) is 22.6 Å². The van der Waals surface area contributed by atoms with Crippen LogP contribution in [0.15, 0.2) is 29.2 Å². The van der Waals surface area contributed by atoms with Crippen LogP contribution < -0.4 is 51.4 Å². The molecule has 0 unspecified atom stereocenters. The van der Waals surface area contributed by atoms with Gasteiger partial charge in [-0.05, 0) is 24.1 Å². The molecule has 1 rings (SSSR count). The first-order valence-electron chi connectivity index (χ1n) is 3.65. The molecule has 0 atom stereocenters. The molecule has 3 nitrogen and oxygen atoms in total. The Balaban J connectivity index is 0.00000169. The normalized spacial score (nSPS) is 10.7. The zero-order chi connectivity index (χ0) is 9.90. The van der Waals surface area contributed by atoms with Gasteiger partial charge in [0.25, 0.3) is 0 Å². The summed E-state index contributed by atoms with van der Waals surface area (Å²) in [6.07, 6.45) is 0.889. The molecule has 0 aliphatic rings. The van der Waals surface area contributed by atoms with Crippen molar-refractivity contribution in [1.29, 1.82) is 0 Å². The second-order valence-corrected chi connectivity index (χ2v) is 5.00. The molecule has 0 saturated heterocycles. The van der Waals surface area contributed by atoms with E-state index in [4.69, 9.17) is 0 Å². The fourth-order valence-corrected chi connectivity index (χ4v) is 2.02. The van der Waals surface area contributed by atoms with Crippen LogP contribution in [0.5, 0.6) is 0 Å². The van der Waals surface area contributed by atoms with Crippen LogP contribution in [0.1, 0.15) is 5.56 Å². The average Bonchev–Trinajstić information content (AvgIpc) is 2.04. The third kappa shape index (κ3) is 5.02. The summed E-state index contributed by atoms with van der Waals surface area (Å²) in [4.78, 5) is -0.162. The van der Waals surface area contributed by atoms with Crippen molar-refractivity contribution in [3.05, 3.63) is 29.8 Å². The van der Waals surface area contributed by atoms with Crippen molar-refractivity contribution >= 4 is 32.7 Å². The predicted molar refractivity (Wildman–Crippen MR) is 57.0 cm³/mol. The number of rotatable bonds is 3. The summed E-state index contributed by atoms with van der Waals surface area (Å²) in [6, 6.07) is 6.04. The second-order valence-electron chi connectivity index (χ2n) is 2.54. The Labute approximate surface area is 140 Å². The first-order valence-corrected chi connectivity index (χ1v) is 6.58. The molecule has 0 radical (unpaired) electrons. The van der Waals surface area contributed by atoms with Crippen LogP contribution in [0, 0.1) is 0 Å². The van der Waals surface area contributed by atoms with Gasteiger partial charge >= 0.3 is 51.4 Å². The predicted octanol–water partition coefficient (Wildman–Crippen LogP) is -1.43. The van der Waals surface area contributed by atoms with E-state index in [-0.39, 0.29) is 56.3 Å². The largest absolute Gasteiger partial charge is 1.00 e. The van der Waals surface area contributed by atoms with Gasteiger partial charge in [-0.25, -0.2) is 8.42 Å². The number of aryl methyl sites for hydroxylation is 1. The Kier molecular flexibility index (Phi) is 7.69. The van der Waals surface area contributed by atoms with E-state index in [0.29, 0.717) is 0 Å². The number of alkyl halides is 1. The van der Waals surface area contributed by atoms with E-state index in [0.717, 1.165) is 16.4 Å². The van der Waals surface area contributed by atoms with Crippen LogP contribution in [0.2, 0.25) is 0 Å². The maximum Gasteiger partial charge on any atom is 1.00 e. The van der Waals surface area contributed by atoms with E-state index < -0.39 is 10.1 Å². The van der Waals surface area contributed by atoms with E-state index in [1.54, 1.807) is 12.1 Å². The Hall–Kier alpha value is 1.50. The SMILES string of the molecule is O=S(=O)([O-])c1ccc(CCI)cc1.[K+]. The van der Waals surface area contributed by atoms with Gasteiger partial charge in [0, 0.05) is 4.43 Å². The molecule has 0 spiro atoms. The maximum atomic E-state index is 10.5. The van der Waals surface area contributed by atoms with E-state index in [9.17, 15) is 13.0 Å². The molecule has 0 saturated carbocycles. The zero-order valence-corrected chi connectivity index (χ0v) is 13.8. The zero-order valence-electron chi connectivity index (χ0n) is 7.73. The van der Waals surface area contributed by atoms with Crippen molar-refractivity contribution in [1.82, 2.24) is 0 Å². The molecule has 0 fully saturated rings. The van der Waals surface area contributed by atoms with E-state index >= 15 is 0 Å². The van der Waals surface area contributed by atoms with Crippen molar-refractivity contribution in [2.24, 2.45) is 0 Å². The first-order chi connectivity index (χ1) is 6.04. The summed E-state index contributed by atoms with van der Waals surface area (Å²) in [5.41, 5.74) is 1.04. The van der Waals surface area contributed by atoms with E-state index in [1.165, 1.54) is 12.1 Å². The second kappa shape index (κ2) is 6.95. The molecular formula is C8H8IKO3S. The van der Waals surface area contributed by atoms with Gasteiger partial charge in [0.2, 0.25) is 0 Å². The summed E-state index contributed by atoms with van der Waals surface area (Å²) in [5.74, 6) is 0. The Bertz CT molecular complexity index is 374. The van der Waals surface area contributed by atoms with Gasteiger partial charge in [0.05, 0.1) is 4.90 Å². The summed E-state index contributed by atoms with van der Waals surface area (Å²) in [6.45, 7) is 0. The van der Waals surface area contributed by atoms with Crippen LogP contribution in [-0.2, 0) is 16.5 Å². The van der Waals surface area contributed by atoms with Gasteiger partial charge in [-0.15, -0.1) is 0 Å². The van der Waals surface area contributed by atoms with Gasteiger partial charge in [0.1, 0.15) is 10.1 Å². The maximum absolute atomic E-state index is 10.5. The van der Waals surface area contributed by atoms with Crippen LogP contribution in [0.4, 0.5) is 0 Å². The standard InChI is InChI=1S/C8H9IO3S.K/c9-6-5-7-1-3-8(4-2-7)13(10,11)12;/h1-4H,5-6H2,(H,10,11,12);/q;+1/p-1. The quantitative estimate of drug-likeness (QED) is 0.291. The average molecular weight is 350 g/mol. The van der Waals surface area contributed by atoms with Crippen molar-refractivity contribution in [3.8, 4) is 0 Å². The minimum absolute atomic E-state index is 0. The van der Waals surface area contributed by atoms with E-state index in [1.807, 2.05) is 0 Å². The van der Waals surface area contributed by atoms with Crippen molar-refractivity contribution < 1.29 is 64.4 Å².